The molecule has 1 unspecified atom stereocenters. The number of aryl methyl sites for hydroxylation is 1. The van der Waals surface area contributed by atoms with Crippen LogP contribution >= 0.6 is 0 Å². The van der Waals surface area contributed by atoms with Gasteiger partial charge in [-0.25, -0.2) is 4.98 Å². The number of aliphatic hydroxyl groups is 1. The quantitative estimate of drug-likeness (QED) is 0.764. The molecule has 0 saturated carbocycles. The molecule has 0 aromatic carbocycles. The molecule has 1 rings (SSSR count). The van der Waals surface area contributed by atoms with Gasteiger partial charge in [-0.05, 0) is 38.8 Å². The molecule has 1 atom stereocenters. The van der Waals surface area contributed by atoms with Crippen molar-refractivity contribution in [1.82, 2.24) is 10.3 Å². The molecular weight excluding hydrogens is 230 g/mol. The maximum Gasteiger partial charge on any atom is 0.269 e. The molecule has 5 nitrogen and oxygen atoms in total. The molecule has 1 aromatic rings. The minimum Gasteiger partial charge on any atom is -0.393 e. The zero-order chi connectivity index (χ0) is 13.5. The van der Waals surface area contributed by atoms with Crippen LogP contribution in [0.3, 0.4) is 0 Å². The van der Waals surface area contributed by atoms with Crippen LogP contribution in [0.25, 0.3) is 0 Å². The topological polar surface area (TPSA) is 86.0 Å². The van der Waals surface area contributed by atoms with Gasteiger partial charge >= 0.3 is 0 Å². The number of nitrogens with one attached hydrogen (secondary N) is 1. The van der Waals surface area contributed by atoms with E-state index >= 15 is 0 Å². The van der Waals surface area contributed by atoms with Crippen molar-refractivity contribution in [3.05, 3.63) is 29.1 Å². The van der Waals surface area contributed by atoms with Crippen molar-refractivity contribution >= 4 is 5.91 Å². The van der Waals surface area contributed by atoms with Crippen LogP contribution < -0.4 is 5.32 Å². The lowest BCUT2D eigenvalue weighted by Crippen LogP contribution is -2.26. The Bertz CT molecular complexity index is 464. The van der Waals surface area contributed by atoms with E-state index < -0.39 is 0 Å². The number of aliphatic hydroxyl groups excluding tert-OH is 1. The Morgan fingerprint density at radius 1 is 1.61 bits per heavy atom. The molecule has 0 spiro atoms. The molecule has 0 fully saturated rings. The first-order valence-corrected chi connectivity index (χ1v) is 5.88. The van der Waals surface area contributed by atoms with Crippen molar-refractivity contribution in [2.45, 2.75) is 32.8 Å². The lowest BCUT2D eigenvalue weighted by atomic mass is 10.2. The van der Waals surface area contributed by atoms with Crippen molar-refractivity contribution in [3.8, 4) is 6.07 Å². The van der Waals surface area contributed by atoms with Crippen molar-refractivity contribution in [1.29, 1.82) is 5.26 Å². The van der Waals surface area contributed by atoms with Gasteiger partial charge in [-0.1, -0.05) is 0 Å². The van der Waals surface area contributed by atoms with E-state index in [1.165, 1.54) is 6.07 Å². The standard InChI is InChI=1S/C13H17N3O2/c1-9(17)4-3-7-15-13(18)12-6-5-11(8-14)10(2)16-12/h5-6,9,17H,3-4,7H2,1-2H3,(H,15,18). The molecule has 1 heterocycles. The molecular formula is C13H17N3O2. The largest absolute Gasteiger partial charge is 0.393 e. The van der Waals surface area contributed by atoms with E-state index in [9.17, 15) is 4.79 Å². The van der Waals surface area contributed by atoms with Gasteiger partial charge in [-0.3, -0.25) is 4.79 Å². The fourth-order valence-corrected chi connectivity index (χ4v) is 1.50. The van der Waals surface area contributed by atoms with Crippen molar-refractivity contribution in [2.24, 2.45) is 0 Å². The van der Waals surface area contributed by atoms with Crippen LogP contribution in [0.2, 0.25) is 0 Å². The molecule has 0 saturated heterocycles. The number of carbonyl (C=O) groups excluding carboxylic acids is 1. The second kappa shape index (κ2) is 6.72. The van der Waals surface area contributed by atoms with Gasteiger partial charge in [0.1, 0.15) is 11.8 Å². The first-order valence-electron chi connectivity index (χ1n) is 5.88. The van der Waals surface area contributed by atoms with E-state index in [1.807, 2.05) is 6.07 Å². The summed E-state index contributed by atoms with van der Waals surface area (Å²) in [5.41, 5.74) is 1.33. The lowest BCUT2D eigenvalue weighted by molar-refractivity contribution is 0.0944. The van der Waals surface area contributed by atoms with Crippen LogP contribution in [0.15, 0.2) is 12.1 Å². The molecule has 0 aliphatic carbocycles. The first-order chi connectivity index (χ1) is 8.54. The average molecular weight is 247 g/mol. The molecule has 0 radical (unpaired) electrons. The lowest BCUT2D eigenvalue weighted by Gasteiger charge is -2.06. The van der Waals surface area contributed by atoms with Crippen LogP contribution in [0.4, 0.5) is 0 Å². The number of aromatic nitrogens is 1. The molecule has 1 amide bonds. The molecule has 96 valence electrons. The summed E-state index contributed by atoms with van der Waals surface area (Å²) in [6.07, 6.45) is 1.02. The third-order valence-corrected chi connectivity index (χ3v) is 2.52. The predicted octanol–water partition coefficient (Wildman–Crippen LogP) is 1.15. The van der Waals surface area contributed by atoms with Gasteiger partial charge in [-0.15, -0.1) is 0 Å². The third kappa shape index (κ3) is 4.15. The minimum atomic E-state index is -0.350. The molecule has 18 heavy (non-hydrogen) atoms. The fourth-order valence-electron chi connectivity index (χ4n) is 1.50. The zero-order valence-electron chi connectivity index (χ0n) is 10.6. The van der Waals surface area contributed by atoms with Gasteiger partial charge in [0.25, 0.3) is 5.91 Å². The third-order valence-electron chi connectivity index (χ3n) is 2.52. The Morgan fingerprint density at radius 2 is 2.33 bits per heavy atom. The normalized spacial score (nSPS) is 11.7. The number of rotatable bonds is 5. The number of nitrogens with zero attached hydrogens (tertiary/aromatic N) is 2. The average Bonchev–Trinajstić information content (AvgIpc) is 2.34. The summed E-state index contributed by atoms with van der Waals surface area (Å²) in [6.45, 7) is 3.92. The van der Waals surface area contributed by atoms with Crippen LogP contribution in [0, 0.1) is 18.3 Å². The fraction of sp³-hybridized carbons (Fsp3) is 0.462. The van der Waals surface area contributed by atoms with Crippen LogP contribution in [0.5, 0.6) is 0 Å². The molecule has 0 aliphatic rings. The minimum absolute atomic E-state index is 0.256. The zero-order valence-corrected chi connectivity index (χ0v) is 10.6. The van der Waals surface area contributed by atoms with Gasteiger partial charge in [-0.2, -0.15) is 5.26 Å². The highest BCUT2D eigenvalue weighted by molar-refractivity contribution is 5.92. The Morgan fingerprint density at radius 3 is 2.89 bits per heavy atom. The first kappa shape index (κ1) is 14.1. The Kier molecular flexibility index (Phi) is 5.28. The van der Waals surface area contributed by atoms with Crippen LogP contribution in [-0.4, -0.2) is 28.6 Å². The number of hydrogen-bond donors (Lipinski definition) is 2. The highest BCUT2D eigenvalue weighted by atomic mass is 16.3. The number of amides is 1. The maximum atomic E-state index is 11.7. The number of carbonyl (C=O) groups is 1. The molecule has 0 aliphatic heterocycles. The number of nitriles is 1. The number of hydrogen-bond acceptors (Lipinski definition) is 4. The summed E-state index contributed by atoms with van der Waals surface area (Å²) < 4.78 is 0. The number of pyridine rings is 1. The van der Waals surface area contributed by atoms with Gasteiger partial charge in [0.15, 0.2) is 0 Å². The summed E-state index contributed by atoms with van der Waals surface area (Å²) >= 11 is 0. The highest BCUT2D eigenvalue weighted by Crippen LogP contribution is 2.05. The highest BCUT2D eigenvalue weighted by Gasteiger charge is 2.08. The van der Waals surface area contributed by atoms with Gasteiger partial charge in [0.05, 0.1) is 17.4 Å². The van der Waals surface area contributed by atoms with E-state index in [2.05, 4.69) is 10.3 Å². The second-order valence-corrected chi connectivity index (χ2v) is 4.19. The SMILES string of the molecule is Cc1nc(C(=O)NCCCC(C)O)ccc1C#N. The second-order valence-electron chi connectivity index (χ2n) is 4.19. The maximum absolute atomic E-state index is 11.7. The Hall–Kier alpha value is -1.93. The summed E-state index contributed by atoms with van der Waals surface area (Å²) in [6, 6.07) is 5.13. The molecule has 1 aromatic heterocycles. The summed E-state index contributed by atoms with van der Waals surface area (Å²) in [7, 11) is 0. The predicted molar refractivity (Wildman–Crippen MR) is 66.9 cm³/mol. The Balaban J connectivity index is 2.52. The van der Waals surface area contributed by atoms with E-state index in [-0.39, 0.29) is 12.0 Å². The Labute approximate surface area is 106 Å². The van der Waals surface area contributed by atoms with Crippen LogP contribution in [0.1, 0.15) is 41.5 Å². The van der Waals surface area contributed by atoms with E-state index in [0.717, 1.165) is 6.42 Å². The van der Waals surface area contributed by atoms with Crippen molar-refractivity contribution < 1.29 is 9.90 Å². The molecule has 5 heteroatoms. The smallest absolute Gasteiger partial charge is 0.269 e. The molecule has 0 bridgehead atoms. The summed E-state index contributed by atoms with van der Waals surface area (Å²) in [4.78, 5) is 15.8. The summed E-state index contributed by atoms with van der Waals surface area (Å²) in [5.74, 6) is -0.256. The van der Waals surface area contributed by atoms with E-state index in [1.54, 1.807) is 19.9 Å². The van der Waals surface area contributed by atoms with Crippen molar-refractivity contribution in [2.75, 3.05) is 6.54 Å². The van der Waals surface area contributed by atoms with Crippen molar-refractivity contribution in [3.63, 3.8) is 0 Å². The van der Waals surface area contributed by atoms with E-state index in [4.69, 9.17) is 10.4 Å². The van der Waals surface area contributed by atoms with E-state index in [0.29, 0.717) is 29.9 Å². The summed E-state index contributed by atoms with van der Waals surface area (Å²) in [5, 5.41) is 20.6. The molecule has 2 N–H and O–H groups in total. The van der Waals surface area contributed by atoms with Gasteiger partial charge in [0, 0.05) is 6.54 Å². The van der Waals surface area contributed by atoms with Crippen LogP contribution in [-0.2, 0) is 0 Å². The van der Waals surface area contributed by atoms with Gasteiger partial charge < -0.3 is 10.4 Å². The van der Waals surface area contributed by atoms with Gasteiger partial charge in [0.2, 0.25) is 0 Å². The monoisotopic (exact) mass is 247 g/mol.